The van der Waals surface area contributed by atoms with Gasteiger partial charge in [0.15, 0.2) is 0 Å². The fourth-order valence-electron chi connectivity index (χ4n) is 4.07. The number of rotatable bonds is 3. The fraction of sp³-hybridized carbons (Fsp3) is 0.160. The van der Waals surface area contributed by atoms with Crippen LogP contribution in [0.3, 0.4) is 0 Å². The minimum atomic E-state index is -0.580. The van der Waals surface area contributed by atoms with Gasteiger partial charge in [-0.15, -0.1) is 0 Å². The Morgan fingerprint density at radius 1 is 0.862 bits per heavy atom. The molecule has 0 aliphatic heterocycles. The lowest BCUT2D eigenvalue weighted by Gasteiger charge is -2.38. The Hall–Kier alpha value is -3.24. The second-order valence-electron chi connectivity index (χ2n) is 7.70. The van der Waals surface area contributed by atoms with Crippen molar-refractivity contribution in [2.75, 3.05) is 0 Å². The summed E-state index contributed by atoms with van der Waals surface area (Å²) >= 11 is 0. The fourth-order valence-corrected chi connectivity index (χ4v) is 4.07. The van der Waals surface area contributed by atoms with E-state index in [2.05, 4.69) is 0 Å². The van der Waals surface area contributed by atoms with Crippen LogP contribution in [0.5, 0.6) is 0 Å². The van der Waals surface area contributed by atoms with E-state index in [0.717, 1.165) is 30.4 Å². The molecule has 0 amide bonds. The van der Waals surface area contributed by atoms with Crippen LogP contribution in [0.2, 0.25) is 0 Å². The van der Waals surface area contributed by atoms with Crippen molar-refractivity contribution in [3.05, 3.63) is 94.4 Å². The highest BCUT2D eigenvalue weighted by Crippen LogP contribution is 2.40. The van der Waals surface area contributed by atoms with Gasteiger partial charge in [0.25, 0.3) is 0 Å². The lowest BCUT2D eigenvalue weighted by Crippen LogP contribution is -2.43. The van der Waals surface area contributed by atoms with Crippen molar-refractivity contribution in [2.24, 2.45) is 5.73 Å². The van der Waals surface area contributed by atoms with Crippen molar-refractivity contribution in [1.82, 2.24) is 0 Å². The lowest BCUT2D eigenvalue weighted by molar-refractivity contribution is 0.253. The predicted octanol–water partition coefficient (Wildman–Crippen LogP) is 5.60. The molecule has 29 heavy (non-hydrogen) atoms. The van der Waals surface area contributed by atoms with Gasteiger partial charge in [0.2, 0.25) is 5.43 Å². The van der Waals surface area contributed by atoms with E-state index < -0.39 is 5.82 Å². The Morgan fingerprint density at radius 3 is 2.24 bits per heavy atom. The van der Waals surface area contributed by atoms with Crippen LogP contribution in [0, 0.1) is 5.82 Å². The zero-order valence-electron chi connectivity index (χ0n) is 15.8. The third-order valence-corrected chi connectivity index (χ3v) is 5.90. The molecule has 0 spiro atoms. The molecule has 144 valence electrons. The van der Waals surface area contributed by atoms with Gasteiger partial charge >= 0.3 is 0 Å². The zero-order valence-corrected chi connectivity index (χ0v) is 15.8. The summed E-state index contributed by atoms with van der Waals surface area (Å²) in [5.74, 6) is -0.142. The molecule has 3 nitrogen and oxygen atoms in total. The molecule has 1 saturated carbocycles. The Balaban J connectivity index is 1.76. The average Bonchev–Trinajstić information content (AvgIpc) is 2.72. The summed E-state index contributed by atoms with van der Waals surface area (Å²) in [4.78, 5) is 13.4. The molecule has 1 aliphatic rings. The van der Waals surface area contributed by atoms with Gasteiger partial charge in [-0.05, 0) is 42.5 Å². The molecule has 1 heterocycles. The van der Waals surface area contributed by atoms with Gasteiger partial charge in [-0.3, -0.25) is 4.79 Å². The van der Waals surface area contributed by atoms with Gasteiger partial charge in [0.05, 0.1) is 5.56 Å². The maximum atomic E-state index is 14.5. The minimum absolute atomic E-state index is 0.0273. The first-order chi connectivity index (χ1) is 14.1. The van der Waals surface area contributed by atoms with E-state index in [-0.39, 0.29) is 21.9 Å². The van der Waals surface area contributed by atoms with E-state index in [4.69, 9.17) is 10.2 Å². The summed E-state index contributed by atoms with van der Waals surface area (Å²) in [6.07, 6.45) is 3.06. The topological polar surface area (TPSA) is 56.2 Å². The molecule has 0 radical (unpaired) electrons. The van der Waals surface area contributed by atoms with Crippen LogP contribution >= 0.6 is 0 Å². The SMILES string of the molecule is NC1(c2ccc(-c3c(-c4ccccc4)oc4cccc(F)c4c3=O)cc2)CCC1. The lowest BCUT2D eigenvalue weighted by atomic mass is 9.72. The van der Waals surface area contributed by atoms with Crippen LogP contribution in [0.1, 0.15) is 24.8 Å². The summed E-state index contributed by atoms with van der Waals surface area (Å²) in [6, 6.07) is 21.6. The first-order valence-electron chi connectivity index (χ1n) is 9.77. The van der Waals surface area contributed by atoms with E-state index in [1.807, 2.05) is 54.6 Å². The molecule has 1 aliphatic carbocycles. The quantitative estimate of drug-likeness (QED) is 0.499. The molecule has 0 atom stereocenters. The number of hydrogen-bond donors (Lipinski definition) is 1. The number of halogens is 1. The Bertz CT molecular complexity index is 1260. The summed E-state index contributed by atoms with van der Waals surface area (Å²) in [6.45, 7) is 0. The van der Waals surface area contributed by atoms with Crippen LogP contribution in [-0.2, 0) is 5.54 Å². The van der Waals surface area contributed by atoms with Gasteiger partial charge < -0.3 is 10.2 Å². The van der Waals surface area contributed by atoms with Gasteiger partial charge in [0, 0.05) is 11.1 Å². The molecule has 0 bridgehead atoms. The Morgan fingerprint density at radius 2 is 1.59 bits per heavy atom. The van der Waals surface area contributed by atoms with Gasteiger partial charge in [-0.2, -0.15) is 0 Å². The third-order valence-electron chi connectivity index (χ3n) is 5.90. The van der Waals surface area contributed by atoms with Crippen LogP contribution in [0.4, 0.5) is 4.39 Å². The van der Waals surface area contributed by atoms with Gasteiger partial charge in [0.1, 0.15) is 22.5 Å². The van der Waals surface area contributed by atoms with Crippen molar-refractivity contribution < 1.29 is 8.81 Å². The minimum Gasteiger partial charge on any atom is -0.455 e. The van der Waals surface area contributed by atoms with Gasteiger partial charge in [-0.25, -0.2) is 4.39 Å². The number of nitrogens with two attached hydrogens (primary N) is 1. The zero-order chi connectivity index (χ0) is 20.0. The van der Waals surface area contributed by atoms with Crippen LogP contribution in [0.25, 0.3) is 33.4 Å². The third kappa shape index (κ3) is 2.88. The maximum Gasteiger partial charge on any atom is 0.204 e. The van der Waals surface area contributed by atoms with E-state index in [0.29, 0.717) is 16.9 Å². The molecule has 5 rings (SSSR count). The molecule has 0 saturated heterocycles. The highest BCUT2D eigenvalue weighted by molar-refractivity contribution is 5.89. The van der Waals surface area contributed by atoms with Crippen molar-refractivity contribution >= 4 is 11.0 Å². The molecule has 1 fully saturated rings. The average molecular weight is 385 g/mol. The normalized spacial score (nSPS) is 15.2. The van der Waals surface area contributed by atoms with E-state index >= 15 is 0 Å². The number of benzene rings is 3. The van der Waals surface area contributed by atoms with Crippen molar-refractivity contribution in [2.45, 2.75) is 24.8 Å². The second kappa shape index (κ2) is 6.68. The van der Waals surface area contributed by atoms with E-state index in [9.17, 15) is 9.18 Å². The molecular formula is C25H20FNO2. The summed E-state index contributed by atoms with van der Waals surface area (Å²) < 4.78 is 20.5. The molecule has 4 heteroatoms. The first-order valence-corrected chi connectivity index (χ1v) is 9.77. The largest absolute Gasteiger partial charge is 0.455 e. The number of fused-ring (bicyclic) bond motifs is 1. The van der Waals surface area contributed by atoms with Crippen LogP contribution < -0.4 is 11.2 Å². The molecule has 3 aromatic carbocycles. The Kier molecular flexibility index (Phi) is 4.10. The maximum absolute atomic E-state index is 14.5. The number of hydrogen-bond acceptors (Lipinski definition) is 3. The van der Waals surface area contributed by atoms with E-state index in [1.165, 1.54) is 6.07 Å². The molecular weight excluding hydrogens is 365 g/mol. The van der Waals surface area contributed by atoms with Crippen LogP contribution in [0.15, 0.2) is 82.0 Å². The van der Waals surface area contributed by atoms with Crippen molar-refractivity contribution in [1.29, 1.82) is 0 Å². The standard InChI is InChI=1S/C25H20FNO2/c26-19-8-4-9-20-22(19)23(28)21(24(29-20)17-6-2-1-3-7-17)16-10-12-18(13-11-16)25(27)14-5-15-25/h1-4,6-13H,5,14-15,27H2. The summed E-state index contributed by atoms with van der Waals surface area (Å²) in [5, 5.41) is -0.0273. The van der Waals surface area contributed by atoms with Gasteiger partial charge in [-0.1, -0.05) is 60.7 Å². The molecule has 1 aromatic heterocycles. The Labute approximate surface area is 167 Å². The monoisotopic (exact) mass is 385 g/mol. The first kappa shape index (κ1) is 17.8. The van der Waals surface area contributed by atoms with Crippen molar-refractivity contribution in [3.63, 3.8) is 0 Å². The predicted molar refractivity (Wildman–Crippen MR) is 113 cm³/mol. The summed E-state index contributed by atoms with van der Waals surface area (Å²) in [7, 11) is 0. The highest BCUT2D eigenvalue weighted by Gasteiger charge is 2.34. The molecule has 4 aromatic rings. The summed E-state index contributed by atoms with van der Waals surface area (Å²) in [5.41, 5.74) is 8.90. The smallest absolute Gasteiger partial charge is 0.204 e. The van der Waals surface area contributed by atoms with Crippen LogP contribution in [-0.4, -0.2) is 0 Å². The molecule has 0 unspecified atom stereocenters. The van der Waals surface area contributed by atoms with E-state index in [1.54, 1.807) is 12.1 Å². The second-order valence-corrected chi connectivity index (χ2v) is 7.70. The highest BCUT2D eigenvalue weighted by atomic mass is 19.1. The molecule has 2 N–H and O–H groups in total. The van der Waals surface area contributed by atoms with Crippen molar-refractivity contribution in [3.8, 4) is 22.5 Å².